The Bertz CT molecular complexity index is 201. The van der Waals surface area contributed by atoms with Crippen molar-refractivity contribution in [3.63, 3.8) is 0 Å². The number of thioether (sulfide) groups is 1. The van der Waals surface area contributed by atoms with Crippen molar-refractivity contribution < 1.29 is 0 Å². The van der Waals surface area contributed by atoms with Gasteiger partial charge in [-0.2, -0.15) is 5.10 Å². The minimum atomic E-state index is 0.347. The summed E-state index contributed by atoms with van der Waals surface area (Å²) in [6.07, 6.45) is 1.87. The topological polar surface area (TPSA) is 28.7 Å². The predicted molar refractivity (Wildman–Crippen MR) is 38.4 cm³/mol. The molecule has 1 aromatic heterocycles. The Kier molecular flexibility index (Phi) is 0.913. The van der Waals surface area contributed by atoms with Crippen LogP contribution in [0.2, 0.25) is 0 Å². The van der Waals surface area contributed by atoms with Gasteiger partial charge in [0.05, 0.1) is 10.4 Å². The third kappa shape index (κ3) is 0.758. The average Bonchev–Trinajstić information content (AvgIpc) is 2.46. The van der Waals surface area contributed by atoms with Gasteiger partial charge < -0.3 is 0 Å². The first-order valence-corrected chi connectivity index (χ1v) is 3.94. The molecule has 3 heteroatoms. The monoisotopic (exact) mass is 140 g/mol. The van der Waals surface area contributed by atoms with E-state index in [1.807, 2.05) is 24.0 Å². The molecule has 1 aromatic rings. The van der Waals surface area contributed by atoms with E-state index in [1.54, 1.807) is 0 Å². The highest BCUT2D eigenvalue weighted by Crippen LogP contribution is 2.51. The molecule has 2 nitrogen and oxygen atoms in total. The first kappa shape index (κ1) is 5.35. The Morgan fingerprint density at radius 3 is 3.11 bits per heavy atom. The molecule has 1 saturated heterocycles. The van der Waals surface area contributed by atoms with Crippen molar-refractivity contribution in [3.05, 3.63) is 18.0 Å². The molecule has 0 radical (unpaired) electrons. The van der Waals surface area contributed by atoms with Crippen molar-refractivity contribution in [2.75, 3.05) is 5.75 Å². The Labute approximate surface area is 58.0 Å². The highest BCUT2D eigenvalue weighted by molar-refractivity contribution is 8.07. The van der Waals surface area contributed by atoms with E-state index < -0.39 is 0 Å². The first-order valence-electron chi connectivity index (χ1n) is 2.95. The Hall–Kier alpha value is -0.440. The van der Waals surface area contributed by atoms with Crippen LogP contribution < -0.4 is 0 Å². The summed E-state index contributed by atoms with van der Waals surface area (Å²) in [5.41, 5.74) is 1.19. The van der Waals surface area contributed by atoms with Crippen LogP contribution in [0.1, 0.15) is 12.6 Å². The van der Waals surface area contributed by atoms with Crippen molar-refractivity contribution in [3.8, 4) is 0 Å². The van der Waals surface area contributed by atoms with Crippen molar-refractivity contribution in [2.24, 2.45) is 0 Å². The van der Waals surface area contributed by atoms with Crippen molar-refractivity contribution in [1.82, 2.24) is 10.2 Å². The van der Waals surface area contributed by atoms with Gasteiger partial charge in [-0.3, -0.25) is 5.10 Å². The van der Waals surface area contributed by atoms with Crippen LogP contribution in [0.25, 0.3) is 0 Å². The van der Waals surface area contributed by atoms with Gasteiger partial charge >= 0.3 is 0 Å². The van der Waals surface area contributed by atoms with Crippen LogP contribution in [0.5, 0.6) is 0 Å². The van der Waals surface area contributed by atoms with Gasteiger partial charge in [0, 0.05) is 11.9 Å². The molecule has 1 aliphatic rings. The van der Waals surface area contributed by atoms with Crippen LogP contribution in [0.3, 0.4) is 0 Å². The van der Waals surface area contributed by atoms with Crippen molar-refractivity contribution >= 4 is 11.8 Å². The second-order valence-electron chi connectivity index (χ2n) is 2.48. The first-order chi connectivity index (χ1) is 4.31. The molecule has 0 amide bonds. The third-order valence-electron chi connectivity index (χ3n) is 1.62. The van der Waals surface area contributed by atoms with Crippen molar-refractivity contribution in [1.29, 1.82) is 0 Å². The fourth-order valence-electron chi connectivity index (χ4n) is 0.811. The quantitative estimate of drug-likeness (QED) is 0.597. The molecular weight excluding hydrogens is 132 g/mol. The van der Waals surface area contributed by atoms with Crippen LogP contribution >= 0.6 is 11.8 Å². The Morgan fingerprint density at radius 2 is 2.67 bits per heavy atom. The van der Waals surface area contributed by atoms with Crippen LogP contribution in [0.15, 0.2) is 12.3 Å². The Morgan fingerprint density at radius 1 is 1.89 bits per heavy atom. The van der Waals surface area contributed by atoms with Crippen LogP contribution in [-0.4, -0.2) is 16.0 Å². The summed E-state index contributed by atoms with van der Waals surface area (Å²) in [6, 6.07) is 2.04. The molecule has 0 saturated carbocycles. The molecule has 1 N–H and O–H groups in total. The number of hydrogen-bond donors (Lipinski definition) is 1. The van der Waals surface area contributed by atoms with E-state index in [1.165, 1.54) is 11.4 Å². The van der Waals surface area contributed by atoms with Crippen LogP contribution in [0, 0.1) is 0 Å². The number of nitrogens with one attached hydrogen (secondary N) is 1. The summed E-state index contributed by atoms with van der Waals surface area (Å²) >= 11 is 1.95. The Balaban J connectivity index is 2.34. The molecule has 9 heavy (non-hydrogen) atoms. The molecule has 1 atom stereocenters. The second-order valence-corrected chi connectivity index (χ2v) is 3.96. The predicted octanol–water partition coefficient (Wildman–Crippen LogP) is 1.37. The minimum Gasteiger partial charge on any atom is -0.285 e. The van der Waals surface area contributed by atoms with Gasteiger partial charge in [-0.05, 0) is 13.0 Å². The summed E-state index contributed by atoms with van der Waals surface area (Å²) in [7, 11) is 0. The molecule has 48 valence electrons. The third-order valence-corrected chi connectivity index (χ3v) is 2.98. The minimum absolute atomic E-state index is 0.347. The zero-order chi connectivity index (χ0) is 6.32. The number of nitrogens with zero attached hydrogens (tertiary/aromatic N) is 1. The van der Waals surface area contributed by atoms with Crippen LogP contribution in [0.4, 0.5) is 0 Å². The highest BCUT2D eigenvalue weighted by atomic mass is 32.2. The summed E-state index contributed by atoms with van der Waals surface area (Å²) in [5, 5.41) is 6.92. The molecular formula is C6H8N2S. The maximum atomic E-state index is 4.10. The zero-order valence-electron chi connectivity index (χ0n) is 5.22. The molecule has 0 spiro atoms. The van der Waals surface area contributed by atoms with E-state index in [9.17, 15) is 0 Å². The summed E-state index contributed by atoms with van der Waals surface area (Å²) in [6.45, 7) is 2.22. The van der Waals surface area contributed by atoms with Gasteiger partial charge in [-0.25, -0.2) is 0 Å². The van der Waals surface area contributed by atoms with Crippen molar-refractivity contribution in [2.45, 2.75) is 11.7 Å². The lowest BCUT2D eigenvalue weighted by Gasteiger charge is -1.97. The molecule has 2 rings (SSSR count). The normalized spacial score (nSPS) is 32.6. The van der Waals surface area contributed by atoms with Gasteiger partial charge in [0.2, 0.25) is 0 Å². The molecule has 1 aliphatic heterocycles. The standard InChI is InChI=1S/C6H8N2S/c1-6(4-9-6)5-2-3-7-8-5/h2-3H,4H2,1H3,(H,7,8). The van der Waals surface area contributed by atoms with Gasteiger partial charge in [0.1, 0.15) is 0 Å². The fourth-order valence-corrected chi connectivity index (χ4v) is 1.44. The number of H-pyrrole nitrogens is 1. The van der Waals surface area contributed by atoms with E-state index in [4.69, 9.17) is 0 Å². The molecule has 1 unspecified atom stereocenters. The maximum absolute atomic E-state index is 4.10. The zero-order valence-corrected chi connectivity index (χ0v) is 6.03. The molecule has 0 bridgehead atoms. The maximum Gasteiger partial charge on any atom is 0.0788 e. The number of hydrogen-bond acceptors (Lipinski definition) is 2. The molecule has 0 aliphatic carbocycles. The van der Waals surface area contributed by atoms with E-state index in [0.29, 0.717) is 4.75 Å². The van der Waals surface area contributed by atoms with Gasteiger partial charge in [-0.15, -0.1) is 11.8 Å². The van der Waals surface area contributed by atoms with Gasteiger partial charge in [0.15, 0.2) is 0 Å². The van der Waals surface area contributed by atoms with E-state index in [0.717, 1.165) is 0 Å². The average molecular weight is 140 g/mol. The molecule has 0 aromatic carbocycles. The van der Waals surface area contributed by atoms with E-state index in [2.05, 4.69) is 17.1 Å². The van der Waals surface area contributed by atoms with Crippen LogP contribution in [-0.2, 0) is 4.75 Å². The fraction of sp³-hybridized carbons (Fsp3) is 0.500. The van der Waals surface area contributed by atoms with E-state index in [-0.39, 0.29) is 0 Å². The SMILES string of the molecule is CC1(c2cc[nH]n2)CS1. The summed E-state index contributed by atoms with van der Waals surface area (Å²) in [4.78, 5) is 0. The lowest BCUT2D eigenvalue weighted by molar-refractivity contribution is 0.824. The lowest BCUT2D eigenvalue weighted by atomic mass is 10.1. The molecule has 1 fully saturated rings. The van der Waals surface area contributed by atoms with E-state index >= 15 is 0 Å². The summed E-state index contributed by atoms with van der Waals surface area (Å²) in [5.74, 6) is 1.22. The summed E-state index contributed by atoms with van der Waals surface area (Å²) < 4.78 is 0.347. The largest absolute Gasteiger partial charge is 0.285 e. The number of aromatic nitrogens is 2. The highest BCUT2D eigenvalue weighted by Gasteiger charge is 2.42. The molecule has 2 heterocycles. The number of rotatable bonds is 1. The lowest BCUT2D eigenvalue weighted by Crippen LogP contribution is -1.99. The second kappa shape index (κ2) is 1.53. The van der Waals surface area contributed by atoms with Gasteiger partial charge in [-0.1, -0.05) is 0 Å². The van der Waals surface area contributed by atoms with Gasteiger partial charge in [0.25, 0.3) is 0 Å². The smallest absolute Gasteiger partial charge is 0.0788 e. The number of aromatic amines is 1.